The molecule has 1 aliphatic rings. The summed E-state index contributed by atoms with van der Waals surface area (Å²) in [6, 6.07) is 7.02. The van der Waals surface area contributed by atoms with Gasteiger partial charge in [0.25, 0.3) is 0 Å². The maximum absolute atomic E-state index is 11.7. The summed E-state index contributed by atoms with van der Waals surface area (Å²) in [5.74, 6) is -0.377. The SMILES string of the molecule is C[C@@]1(c2cccc(N)c2)CC(=O)NC(NC(=O)O)=N1. The first-order valence-corrected chi connectivity index (χ1v) is 5.65. The molecule has 5 N–H and O–H groups in total. The van der Waals surface area contributed by atoms with Gasteiger partial charge >= 0.3 is 6.09 Å². The molecule has 7 heteroatoms. The van der Waals surface area contributed by atoms with Gasteiger partial charge < -0.3 is 10.8 Å². The third kappa shape index (κ3) is 2.82. The second kappa shape index (κ2) is 4.60. The lowest BCUT2D eigenvalue weighted by atomic mass is 9.88. The molecule has 0 aliphatic carbocycles. The highest BCUT2D eigenvalue weighted by molar-refractivity contribution is 6.04. The highest BCUT2D eigenvalue weighted by atomic mass is 16.4. The van der Waals surface area contributed by atoms with Gasteiger partial charge in [-0.15, -0.1) is 0 Å². The number of aliphatic imine (C=N–C) groups is 1. The summed E-state index contributed by atoms with van der Waals surface area (Å²) in [6.07, 6.45) is -1.16. The molecule has 0 fully saturated rings. The van der Waals surface area contributed by atoms with Gasteiger partial charge in [-0.1, -0.05) is 12.1 Å². The fourth-order valence-corrected chi connectivity index (χ4v) is 2.00. The molecule has 7 nitrogen and oxygen atoms in total. The van der Waals surface area contributed by atoms with E-state index in [2.05, 4.69) is 15.6 Å². The van der Waals surface area contributed by atoms with Gasteiger partial charge in [-0.05, 0) is 24.6 Å². The number of nitrogens with one attached hydrogen (secondary N) is 2. The van der Waals surface area contributed by atoms with Gasteiger partial charge in [-0.25, -0.2) is 9.79 Å². The third-order valence-corrected chi connectivity index (χ3v) is 2.86. The van der Waals surface area contributed by atoms with E-state index in [-0.39, 0.29) is 18.3 Å². The number of rotatable bonds is 1. The first kappa shape index (κ1) is 12.9. The van der Waals surface area contributed by atoms with Crippen molar-refractivity contribution in [2.45, 2.75) is 18.9 Å². The highest BCUT2D eigenvalue weighted by Gasteiger charge is 2.34. The van der Waals surface area contributed by atoms with Crippen molar-refractivity contribution in [1.82, 2.24) is 10.6 Å². The standard InChI is InChI=1S/C12H14N4O3/c1-12(7-3-2-4-8(13)5-7)6-9(17)14-10(16-12)15-11(18)19/h2-5H,6,13H2,1H3,(H,18,19)(H2,14,15,16,17)/t12-/m0/s1. The van der Waals surface area contributed by atoms with E-state index in [1.807, 2.05) is 0 Å². The summed E-state index contributed by atoms with van der Waals surface area (Å²) >= 11 is 0. The number of benzene rings is 1. The van der Waals surface area contributed by atoms with Crippen molar-refractivity contribution in [3.63, 3.8) is 0 Å². The zero-order valence-electron chi connectivity index (χ0n) is 10.3. The van der Waals surface area contributed by atoms with Crippen LogP contribution in [0.1, 0.15) is 18.9 Å². The van der Waals surface area contributed by atoms with Crippen LogP contribution in [0.25, 0.3) is 0 Å². The van der Waals surface area contributed by atoms with Gasteiger partial charge in [0, 0.05) is 5.69 Å². The van der Waals surface area contributed by atoms with E-state index in [4.69, 9.17) is 10.8 Å². The number of hydrogen-bond donors (Lipinski definition) is 4. The lowest BCUT2D eigenvalue weighted by Crippen LogP contribution is -2.50. The number of anilines is 1. The molecule has 0 bridgehead atoms. The number of guanidine groups is 1. The fourth-order valence-electron chi connectivity index (χ4n) is 2.00. The Morgan fingerprint density at radius 2 is 2.32 bits per heavy atom. The maximum Gasteiger partial charge on any atom is 0.411 e. The summed E-state index contributed by atoms with van der Waals surface area (Å²) in [5, 5.41) is 13.1. The number of nitrogens with zero attached hydrogens (tertiary/aromatic N) is 1. The molecule has 2 rings (SSSR count). The predicted molar refractivity (Wildman–Crippen MR) is 69.6 cm³/mol. The van der Waals surface area contributed by atoms with Gasteiger partial charge in [0.1, 0.15) is 0 Å². The quantitative estimate of drug-likeness (QED) is 0.555. The Morgan fingerprint density at radius 3 is 2.95 bits per heavy atom. The van der Waals surface area contributed by atoms with Crippen molar-refractivity contribution in [1.29, 1.82) is 0 Å². The first-order chi connectivity index (χ1) is 8.89. The van der Waals surface area contributed by atoms with Crippen molar-refractivity contribution in [3.8, 4) is 0 Å². The second-order valence-electron chi connectivity index (χ2n) is 4.51. The maximum atomic E-state index is 11.7. The highest BCUT2D eigenvalue weighted by Crippen LogP contribution is 2.32. The van der Waals surface area contributed by atoms with E-state index in [0.717, 1.165) is 5.56 Å². The Balaban J connectivity index is 2.40. The molecule has 0 spiro atoms. The summed E-state index contributed by atoms with van der Waals surface area (Å²) < 4.78 is 0. The predicted octanol–water partition coefficient (Wildman–Crippen LogP) is 0.628. The summed E-state index contributed by atoms with van der Waals surface area (Å²) in [4.78, 5) is 26.5. The van der Waals surface area contributed by atoms with Crippen LogP contribution in [0.4, 0.5) is 10.5 Å². The number of carbonyl (C=O) groups is 2. The lowest BCUT2D eigenvalue weighted by Gasteiger charge is -2.30. The molecule has 0 unspecified atom stereocenters. The normalized spacial score (nSPS) is 22.4. The van der Waals surface area contributed by atoms with Crippen LogP contribution in [0.5, 0.6) is 0 Å². The smallest absolute Gasteiger partial charge is 0.411 e. The number of hydrogen-bond acceptors (Lipinski definition) is 4. The average Bonchev–Trinajstić information content (AvgIpc) is 2.26. The average molecular weight is 262 g/mol. The van der Waals surface area contributed by atoms with E-state index in [1.54, 1.807) is 31.2 Å². The van der Waals surface area contributed by atoms with Gasteiger partial charge in [0.15, 0.2) is 0 Å². The molecule has 2 amide bonds. The summed E-state index contributed by atoms with van der Waals surface area (Å²) in [7, 11) is 0. The van der Waals surface area contributed by atoms with Crippen LogP contribution in [-0.2, 0) is 10.3 Å². The van der Waals surface area contributed by atoms with Crippen LogP contribution in [0.15, 0.2) is 29.3 Å². The van der Waals surface area contributed by atoms with E-state index >= 15 is 0 Å². The first-order valence-electron chi connectivity index (χ1n) is 5.65. The molecule has 1 atom stereocenters. The van der Waals surface area contributed by atoms with Gasteiger partial charge in [0.2, 0.25) is 11.9 Å². The Hall–Kier alpha value is -2.57. The molecule has 0 saturated heterocycles. The minimum absolute atomic E-state index is 0.0753. The molecule has 0 aromatic heterocycles. The summed E-state index contributed by atoms with van der Waals surface area (Å²) in [6.45, 7) is 1.75. The molecular formula is C12H14N4O3. The summed E-state index contributed by atoms with van der Waals surface area (Å²) in [5.41, 5.74) is 6.20. The van der Waals surface area contributed by atoms with Crippen LogP contribution in [0.2, 0.25) is 0 Å². The number of carbonyl (C=O) groups excluding carboxylic acids is 1. The monoisotopic (exact) mass is 262 g/mol. The van der Waals surface area contributed by atoms with Gasteiger partial charge in [-0.2, -0.15) is 0 Å². The Kier molecular flexibility index (Phi) is 3.12. The number of carboxylic acid groups (broad SMARTS) is 1. The van der Waals surface area contributed by atoms with E-state index in [1.165, 1.54) is 0 Å². The molecule has 1 aliphatic heterocycles. The van der Waals surface area contributed by atoms with Gasteiger partial charge in [-0.3, -0.25) is 15.4 Å². The fraction of sp³-hybridized carbons (Fsp3) is 0.250. The number of nitrogens with two attached hydrogens (primary N) is 1. The van der Waals surface area contributed by atoms with Crippen molar-refractivity contribution >= 4 is 23.6 Å². The molecule has 1 heterocycles. The third-order valence-electron chi connectivity index (χ3n) is 2.86. The van der Waals surface area contributed by atoms with Crippen molar-refractivity contribution in [2.24, 2.45) is 4.99 Å². The van der Waals surface area contributed by atoms with E-state index in [0.29, 0.717) is 5.69 Å². The largest absolute Gasteiger partial charge is 0.465 e. The van der Waals surface area contributed by atoms with Crippen LogP contribution < -0.4 is 16.4 Å². The molecule has 1 aromatic rings. The van der Waals surface area contributed by atoms with Crippen LogP contribution in [0, 0.1) is 0 Å². The van der Waals surface area contributed by atoms with E-state index < -0.39 is 11.6 Å². The molecule has 0 radical (unpaired) electrons. The lowest BCUT2D eigenvalue weighted by molar-refractivity contribution is -0.121. The minimum atomic E-state index is -1.28. The van der Waals surface area contributed by atoms with Crippen LogP contribution in [0.3, 0.4) is 0 Å². The molecule has 0 saturated carbocycles. The van der Waals surface area contributed by atoms with Crippen LogP contribution in [-0.4, -0.2) is 23.1 Å². The zero-order chi connectivity index (χ0) is 14.0. The van der Waals surface area contributed by atoms with Crippen molar-refractivity contribution in [2.75, 3.05) is 5.73 Å². The van der Waals surface area contributed by atoms with Crippen LogP contribution >= 0.6 is 0 Å². The Bertz CT molecular complexity index is 570. The van der Waals surface area contributed by atoms with Crippen molar-refractivity contribution < 1.29 is 14.7 Å². The second-order valence-corrected chi connectivity index (χ2v) is 4.51. The van der Waals surface area contributed by atoms with Gasteiger partial charge in [0.05, 0.1) is 12.0 Å². The number of amides is 2. The molecular weight excluding hydrogens is 248 g/mol. The Morgan fingerprint density at radius 1 is 1.58 bits per heavy atom. The van der Waals surface area contributed by atoms with E-state index in [9.17, 15) is 9.59 Å². The number of nitrogen functional groups attached to an aromatic ring is 1. The minimum Gasteiger partial charge on any atom is -0.465 e. The molecule has 1 aromatic carbocycles. The van der Waals surface area contributed by atoms with Crippen molar-refractivity contribution in [3.05, 3.63) is 29.8 Å². The Labute approximate surface area is 109 Å². The zero-order valence-corrected chi connectivity index (χ0v) is 10.3. The molecule has 100 valence electrons. The molecule has 19 heavy (non-hydrogen) atoms. The topological polar surface area (TPSA) is 117 Å².